The lowest BCUT2D eigenvalue weighted by atomic mass is 10.1. The molecule has 0 spiro atoms. The summed E-state index contributed by atoms with van der Waals surface area (Å²) in [5.41, 5.74) is 1.51. The van der Waals surface area contributed by atoms with Crippen molar-refractivity contribution in [2.24, 2.45) is 0 Å². The molecule has 4 nitrogen and oxygen atoms in total. The van der Waals surface area contributed by atoms with E-state index in [0.29, 0.717) is 18.5 Å². The smallest absolute Gasteiger partial charge is 0.224 e. The van der Waals surface area contributed by atoms with Crippen molar-refractivity contribution >= 4 is 17.7 Å². The highest BCUT2D eigenvalue weighted by Gasteiger charge is 2.02. The monoisotopic (exact) mass is 278 g/mol. The van der Waals surface area contributed by atoms with Crippen LogP contribution in [0.4, 0.5) is 0 Å². The summed E-state index contributed by atoms with van der Waals surface area (Å²) in [6.07, 6.45) is 1.14. The van der Waals surface area contributed by atoms with E-state index in [2.05, 4.69) is 5.32 Å². The van der Waals surface area contributed by atoms with Crippen molar-refractivity contribution in [2.45, 2.75) is 12.8 Å². The number of hydrogen-bond acceptors (Lipinski definition) is 4. The second-order valence-electron chi connectivity index (χ2n) is 4.02. The van der Waals surface area contributed by atoms with Gasteiger partial charge in [-0.05, 0) is 29.9 Å². The van der Waals surface area contributed by atoms with Gasteiger partial charge in [0.15, 0.2) is 0 Å². The van der Waals surface area contributed by atoms with Gasteiger partial charge < -0.3 is 10.4 Å². The van der Waals surface area contributed by atoms with Crippen LogP contribution in [-0.4, -0.2) is 35.7 Å². The second-order valence-corrected chi connectivity index (χ2v) is 5.25. The molecule has 102 valence electrons. The molecule has 0 atom stereocenters. The van der Waals surface area contributed by atoms with Crippen LogP contribution >= 0.6 is 11.8 Å². The number of thioether (sulfide) groups is 1. The molecule has 1 aromatic carbocycles. The molecule has 1 amide bonds. The van der Waals surface area contributed by atoms with E-state index >= 15 is 0 Å². The normalized spacial score (nSPS) is 9.89. The molecular weight excluding hydrogens is 260 g/mol. The van der Waals surface area contributed by atoms with Crippen molar-refractivity contribution in [1.82, 2.24) is 5.32 Å². The first-order chi connectivity index (χ1) is 9.26. The van der Waals surface area contributed by atoms with Crippen LogP contribution in [0.25, 0.3) is 0 Å². The molecule has 0 unspecified atom stereocenters. The highest BCUT2D eigenvalue weighted by atomic mass is 32.2. The molecule has 1 aromatic rings. The molecule has 0 saturated heterocycles. The van der Waals surface area contributed by atoms with Crippen molar-refractivity contribution < 1.29 is 9.90 Å². The van der Waals surface area contributed by atoms with E-state index < -0.39 is 0 Å². The summed E-state index contributed by atoms with van der Waals surface area (Å²) in [6, 6.07) is 9.08. The number of rotatable bonds is 8. The molecule has 0 radical (unpaired) electrons. The van der Waals surface area contributed by atoms with Gasteiger partial charge in [0.1, 0.15) is 0 Å². The number of aliphatic hydroxyl groups is 1. The minimum atomic E-state index is -0.00698. The molecule has 0 aromatic heterocycles. The Hall–Kier alpha value is -1.51. The standard InChI is InChI=1S/C14H18N2O2S/c15-11-13-4-2-12(3-5-13)10-14(18)16-6-9-19-8-1-7-17/h2-5,17H,1,6-10H2,(H,16,18). The Labute approximate surface area is 117 Å². The summed E-state index contributed by atoms with van der Waals surface area (Å²) in [7, 11) is 0. The van der Waals surface area contributed by atoms with E-state index in [-0.39, 0.29) is 12.5 Å². The number of carbonyl (C=O) groups is 1. The number of aliphatic hydroxyl groups excluding tert-OH is 1. The third-order valence-electron chi connectivity index (χ3n) is 2.46. The fourth-order valence-corrected chi connectivity index (χ4v) is 2.26. The van der Waals surface area contributed by atoms with Gasteiger partial charge in [-0.15, -0.1) is 0 Å². The zero-order chi connectivity index (χ0) is 13.9. The van der Waals surface area contributed by atoms with Crippen molar-refractivity contribution in [3.05, 3.63) is 35.4 Å². The van der Waals surface area contributed by atoms with Gasteiger partial charge in [0.05, 0.1) is 18.1 Å². The Morgan fingerprint density at radius 1 is 1.32 bits per heavy atom. The first-order valence-corrected chi connectivity index (χ1v) is 7.36. The number of hydrogen-bond donors (Lipinski definition) is 2. The number of amides is 1. The summed E-state index contributed by atoms with van der Waals surface area (Å²) in [5, 5.41) is 20.1. The molecule has 0 heterocycles. The maximum absolute atomic E-state index is 11.6. The Kier molecular flexibility index (Phi) is 7.71. The zero-order valence-corrected chi connectivity index (χ0v) is 11.6. The SMILES string of the molecule is N#Cc1ccc(CC(=O)NCCSCCCO)cc1. The lowest BCUT2D eigenvalue weighted by Gasteiger charge is -2.05. The molecule has 19 heavy (non-hydrogen) atoms. The maximum Gasteiger partial charge on any atom is 0.224 e. The second kappa shape index (κ2) is 9.42. The summed E-state index contributed by atoms with van der Waals surface area (Å²) in [5.74, 6) is 1.77. The van der Waals surface area contributed by atoms with E-state index in [1.807, 2.05) is 6.07 Å². The van der Waals surface area contributed by atoms with Gasteiger partial charge in [-0.1, -0.05) is 12.1 Å². The van der Waals surface area contributed by atoms with Gasteiger partial charge in [0.25, 0.3) is 0 Å². The Balaban J connectivity index is 2.18. The lowest BCUT2D eigenvalue weighted by Crippen LogP contribution is -2.27. The predicted octanol–water partition coefficient (Wildman–Crippen LogP) is 1.33. The maximum atomic E-state index is 11.6. The minimum Gasteiger partial charge on any atom is -0.396 e. The van der Waals surface area contributed by atoms with Crippen LogP contribution in [0.2, 0.25) is 0 Å². The van der Waals surface area contributed by atoms with Crippen LogP contribution in [0.15, 0.2) is 24.3 Å². The molecule has 0 fully saturated rings. The van der Waals surface area contributed by atoms with Crippen LogP contribution in [0.3, 0.4) is 0 Å². The molecule has 1 rings (SSSR count). The van der Waals surface area contributed by atoms with Gasteiger partial charge in [0, 0.05) is 18.9 Å². The number of benzene rings is 1. The van der Waals surface area contributed by atoms with Crippen LogP contribution < -0.4 is 5.32 Å². The summed E-state index contributed by atoms with van der Waals surface area (Å²) in [4.78, 5) is 11.6. The van der Waals surface area contributed by atoms with Crippen LogP contribution in [0.5, 0.6) is 0 Å². The molecule has 0 bridgehead atoms. The summed E-state index contributed by atoms with van der Waals surface area (Å²) >= 11 is 1.72. The topological polar surface area (TPSA) is 73.1 Å². The van der Waals surface area contributed by atoms with E-state index in [1.54, 1.807) is 36.0 Å². The third kappa shape index (κ3) is 6.85. The molecule has 2 N–H and O–H groups in total. The van der Waals surface area contributed by atoms with Gasteiger partial charge in [-0.3, -0.25) is 4.79 Å². The minimum absolute atomic E-state index is 0.00698. The van der Waals surface area contributed by atoms with Gasteiger partial charge in [-0.25, -0.2) is 0 Å². The van der Waals surface area contributed by atoms with Gasteiger partial charge in [-0.2, -0.15) is 17.0 Å². The molecule has 0 aliphatic heterocycles. The molecule has 0 aliphatic carbocycles. The number of nitrogens with zero attached hydrogens (tertiary/aromatic N) is 1. The predicted molar refractivity (Wildman–Crippen MR) is 76.9 cm³/mol. The van der Waals surface area contributed by atoms with Crippen molar-refractivity contribution in [1.29, 1.82) is 5.26 Å². The van der Waals surface area contributed by atoms with Crippen LogP contribution in [0.1, 0.15) is 17.5 Å². The first-order valence-electron chi connectivity index (χ1n) is 6.20. The van der Waals surface area contributed by atoms with Gasteiger partial charge >= 0.3 is 0 Å². The average Bonchev–Trinajstić information content (AvgIpc) is 2.43. The first kappa shape index (κ1) is 15.5. The Bertz CT molecular complexity index is 426. The zero-order valence-electron chi connectivity index (χ0n) is 10.8. The summed E-state index contributed by atoms with van der Waals surface area (Å²) < 4.78 is 0. The Morgan fingerprint density at radius 2 is 2.05 bits per heavy atom. The average molecular weight is 278 g/mol. The highest BCUT2D eigenvalue weighted by molar-refractivity contribution is 7.99. The number of nitriles is 1. The van der Waals surface area contributed by atoms with Crippen molar-refractivity contribution in [3.8, 4) is 6.07 Å². The molecule has 5 heteroatoms. The van der Waals surface area contributed by atoms with Crippen molar-refractivity contribution in [2.75, 3.05) is 24.7 Å². The van der Waals surface area contributed by atoms with E-state index in [1.165, 1.54) is 0 Å². The van der Waals surface area contributed by atoms with E-state index in [4.69, 9.17) is 10.4 Å². The summed E-state index contributed by atoms with van der Waals surface area (Å²) in [6.45, 7) is 0.864. The lowest BCUT2D eigenvalue weighted by molar-refractivity contribution is -0.120. The van der Waals surface area contributed by atoms with E-state index in [9.17, 15) is 4.79 Å². The molecule has 0 aliphatic rings. The molecular formula is C14H18N2O2S. The number of carbonyl (C=O) groups excluding carboxylic acids is 1. The largest absolute Gasteiger partial charge is 0.396 e. The van der Waals surface area contributed by atoms with Crippen molar-refractivity contribution in [3.63, 3.8) is 0 Å². The molecule has 0 saturated carbocycles. The van der Waals surface area contributed by atoms with Crippen LogP contribution in [-0.2, 0) is 11.2 Å². The highest BCUT2D eigenvalue weighted by Crippen LogP contribution is 2.04. The Morgan fingerprint density at radius 3 is 2.68 bits per heavy atom. The van der Waals surface area contributed by atoms with Gasteiger partial charge in [0.2, 0.25) is 5.91 Å². The fourth-order valence-electron chi connectivity index (χ4n) is 1.48. The quantitative estimate of drug-likeness (QED) is 0.704. The van der Waals surface area contributed by atoms with Crippen LogP contribution in [0, 0.1) is 11.3 Å². The fraction of sp³-hybridized carbons (Fsp3) is 0.429. The van der Waals surface area contributed by atoms with E-state index in [0.717, 1.165) is 23.5 Å². The third-order valence-corrected chi connectivity index (χ3v) is 3.53. The number of nitrogens with one attached hydrogen (secondary N) is 1.